The van der Waals surface area contributed by atoms with Crippen LogP contribution in [-0.4, -0.2) is 47.0 Å². The summed E-state index contributed by atoms with van der Waals surface area (Å²) in [5.41, 5.74) is 0.470. The number of hydrogen-bond donors (Lipinski definition) is 2. The van der Waals surface area contributed by atoms with Crippen LogP contribution in [0.1, 0.15) is 12.6 Å². The summed E-state index contributed by atoms with van der Waals surface area (Å²) in [7, 11) is 1.64. The minimum atomic E-state index is -0.388. The Kier molecular flexibility index (Phi) is 4.01. The minimum Gasteiger partial charge on any atom is -0.378 e. The molecule has 0 bridgehead atoms. The largest absolute Gasteiger partial charge is 0.378 e. The summed E-state index contributed by atoms with van der Waals surface area (Å²) in [6.07, 6.45) is 0.000108. The molecule has 1 saturated heterocycles. The van der Waals surface area contributed by atoms with E-state index in [1.54, 1.807) is 18.7 Å². The van der Waals surface area contributed by atoms with Gasteiger partial charge in [0.05, 0.1) is 17.1 Å². The SMILES string of the molecule is CCn1nc(C)c([N+](=O)[O-])c1NC1CNC[C@@H]1OC. The van der Waals surface area contributed by atoms with E-state index >= 15 is 0 Å². The van der Waals surface area contributed by atoms with Crippen molar-refractivity contribution in [2.45, 2.75) is 32.5 Å². The second kappa shape index (κ2) is 5.54. The molecule has 8 heteroatoms. The molecule has 1 aromatic rings. The van der Waals surface area contributed by atoms with Crippen LogP contribution in [0.4, 0.5) is 11.5 Å². The summed E-state index contributed by atoms with van der Waals surface area (Å²) in [6.45, 7) is 5.58. The van der Waals surface area contributed by atoms with Gasteiger partial charge in [-0.25, -0.2) is 4.68 Å². The van der Waals surface area contributed by atoms with Gasteiger partial charge < -0.3 is 15.4 Å². The highest BCUT2D eigenvalue weighted by atomic mass is 16.6. The van der Waals surface area contributed by atoms with Crippen LogP contribution in [0.3, 0.4) is 0 Å². The normalized spacial score (nSPS) is 22.7. The van der Waals surface area contributed by atoms with E-state index in [-0.39, 0.29) is 22.8 Å². The number of aromatic nitrogens is 2. The first kappa shape index (κ1) is 13.8. The first-order chi connectivity index (χ1) is 9.08. The van der Waals surface area contributed by atoms with Crippen LogP contribution in [0.5, 0.6) is 0 Å². The monoisotopic (exact) mass is 269 g/mol. The van der Waals surface area contributed by atoms with E-state index in [0.29, 0.717) is 24.6 Å². The van der Waals surface area contributed by atoms with Gasteiger partial charge in [-0.1, -0.05) is 0 Å². The second-order valence-electron chi connectivity index (χ2n) is 4.54. The molecule has 2 heterocycles. The van der Waals surface area contributed by atoms with Crippen LogP contribution < -0.4 is 10.6 Å². The predicted molar refractivity (Wildman–Crippen MR) is 70.4 cm³/mol. The van der Waals surface area contributed by atoms with Gasteiger partial charge >= 0.3 is 5.69 Å². The lowest BCUT2D eigenvalue weighted by atomic mass is 10.2. The number of ether oxygens (including phenoxy) is 1. The third kappa shape index (κ3) is 2.54. The van der Waals surface area contributed by atoms with E-state index in [4.69, 9.17) is 4.74 Å². The number of nitrogens with zero attached hydrogens (tertiary/aromatic N) is 3. The summed E-state index contributed by atoms with van der Waals surface area (Å²) in [5.74, 6) is 0.459. The van der Waals surface area contributed by atoms with Gasteiger partial charge in [-0.15, -0.1) is 0 Å². The molecule has 106 valence electrons. The van der Waals surface area contributed by atoms with Gasteiger partial charge in [0.1, 0.15) is 5.69 Å². The highest BCUT2D eigenvalue weighted by molar-refractivity contribution is 5.60. The van der Waals surface area contributed by atoms with Crippen molar-refractivity contribution in [3.63, 3.8) is 0 Å². The van der Waals surface area contributed by atoms with Crippen molar-refractivity contribution in [1.29, 1.82) is 0 Å². The highest BCUT2D eigenvalue weighted by Gasteiger charge is 2.32. The summed E-state index contributed by atoms with van der Waals surface area (Å²) < 4.78 is 6.98. The molecular weight excluding hydrogens is 250 g/mol. The molecule has 0 aromatic carbocycles. The van der Waals surface area contributed by atoms with Crippen LogP contribution in [0.25, 0.3) is 0 Å². The Labute approximate surface area is 111 Å². The molecule has 2 rings (SSSR count). The molecule has 2 atom stereocenters. The summed E-state index contributed by atoms with van der Waals surface area (Å²) in [4.78, 5) is 10.8. The van der Waals surface area contributed by atoms with Crippen molar-refractivity contribution in [3.05, 3.63) is 15.8 Å². The molecule has 0 aliphatic carbocycles. The number of anilines is 1. The quantitative estimate of drug-likeness (QED) is 0.598. The predicted octanol–water partition coefficient (Wildman–Crippen LogP) is 0.518. The molecule has 1 aliphatic rings. The minimum absolute atomic E-state index is 0.000108. The molecule has 1 unspecified atom stereocenters. The number of hydrogen-bond acceptors (Lipinski definition) is 6. The van der Waals surface area contributed by atoms with Crippen LogP contribution in [0.15, 0.2) is 0 Å². The van der Waals surface area contributed by atoms with Gasteiger partial charge in [0.15, 0.2) is 0 Å². The zero-order valence-electron chi connectivity index (χ0n) is 11.3. The summed E-state index contributed by atoms with van der Waals surface area (Å²) in [5, 5.41) is 21.8. The first-order valence-electron chi connectivity index (χ1n) is 6.30. The lowest BCUT2D eigenvalue weighted by Crippen LogP contribution is -2.34. The molecule has 8 nitrogen and oxygen atoms in total. The third-order valence-corrected chi connectivity index (χ3v) is 3.36. The fraction of sp³-hybridized carbons (Fsp3) is 0.727. The fourth-order valence-corrected chi connectivity index (χ4v) is 2.38. The Balaban J connectivity index is 2.30. The average Bonchev–Trinajstić information content (AvgIpc) is 2.93. The average molecular weight is 269 g/mol. The Bertz CT molecular complexity index is 473. The Morgan fingerprint density at radius 1 is 1.63 bits per heavy atom. The van der Waals surface area contributed by atoms with Gasteiger partial charge in [0, 0.05) is 26.7 Å². The van der Waals surface area contributed by atoms with E-state index < -0.39 is 0 Å². The Hall–Kier alpha value is -1.67. The number of methoxy groups -OCH3 is 1. The van der Waals surface area contributed by atoms with E-state index in [0.717, 1.165) is 6.54 Å². The topological polar surface area (TPSA) is 94.2 Å². The molecule has 1 fully saturated rings. The van der Waals surface area contributed by atoms with Crippen molar-refractivity contribution in [2.75, 3.05) is 25.5 Å². The van der Waals surface area contributed by atoms with Crippen molar-refractivity contribution in [1.82, 2.24) is 15.1 Å². The maximum atomic E-state index is 11.2. The van der Waals surface area contributed by atoms with Crippen molar-refractivity contribution in [2.24, 2.45) is 0 Å². The Morgan fingerprint density at radius 3 is 2.95 bits per heavy atom. The number of rotatable bonds is 5. The lowest BCUT2D eigenvalue weighted by Gasteiger charge is -2.19. The van der Waals surface area contributed by atoms with E-state index in [9.17, 15) is 10.1 Å². The van der Waals surface area contributed by atoms with Crippen LogP contribution >= 0.6 is 0 Å². The van der Waals surface area contributed by atoms with Gasteiger partial charge in [0.2, 0.25) is 5.82 Å². The van der Waals surface area contributed by atoms with E-state index in [1.807, 2.05) is 6.92 Å². The Morgan fingerprint density at radius 2 is 2.37 bits per heavy atom. The van der Waals surface area contributed by atoms with Gasteiger partial charge in [0.25, 0.3) is 0 Å². The standard InChI is InChI=1S/C11H19N5O3/c1-4-15-11(10(16(17)18)7(2)14-15)13-8-5-12-6-9(8)19-3/h8-9,12-13H,4-6H2,1-3H3/t8?,9-/m0/s1. The van der Waals surface area contributed by atoms with Crippen LogP contribution in [0.2, 0.25) is 0 Å². The highest BCUT2D eigenvalue weighted by Crippen LogP contribution is 2.29. The van der Waals surface area contributed by atoms with E-state index in [1.165, 1.54) is 0 Å². The molecule has 2 N–H and O–H groups in total. The van der Waals surface area contributed by atoms with Crippen molar-refractivity contribution >= 4 is 11.5 Å². The molecule has 0 spiro atoms. The first-order valence-corrected chi connectivity index (χ1v) is 6.30. The molecule has 0 radical (unpaired) electrons. The van der Waals surface area contributed by atoms with Gasteiger partial charge in [-0.2, -0.15) is 5.10 Å². The second-order valence-corrected chi connectivity index (χ2v) is 4.54. The molecular formula is C11H19N5O3. The van der Waals surface area contributed by atoms with Crippen LogP contribution in [-0.2, 0) is 11.3 Å². The van der Waals surface area contributed by atoms with Crippen molar-refractivity contribution < 1.29 is 9.66 Å². The smallest absolute Gasteiger partial charge is 0.333 e. The zero-order valence-corrected chi connectivity index (χ0v) is 11.3. The van der Waals surface area contributed by atoms with Gasteiger partial charge in [-0.3, -0.25) is 10.1 Å². The molecule has 0 saturated carbocycles. The molecule has 0 amide bonds. The number of nitrogens with one attached hydrogen (secondary N) is 2. The molecule has 19 heavy (non-hydrogen) atoms. The lowest BCUT2D eigenvalue weighted by molar-refractivity contribution is -0.384. The maximum absolute atomic E-state index is 11.2. The molecule has 1 aromatic heterocycles. The summed E-state index contributed by atoms with van der Waals surface area (Å²) in [6, 6.07) is 0.00472. The van der Waals surface area contributed by atoms with E-state index in [2.05, 4.69) is 15.7 Å². The summed E-state index contributed by atoms with van der Waals surface area (Å²) >= 11 is 0. The third-order valence-electron chi connectivity index (χ3n) is 3.36. The maximum Gasteiger partial charge on any atom is 0.333 e. The zero-order chi connectivity index (χ0) is 14.0. The van der Waals surface area contributed by atoms with Crippen LogP contribution in [0, 0.1) is 17.0 Å². The number of aryl methyl sites for hydroxylation is 2. The van der Waals surface area contributed by atoms with Gasteiger partial charge in [-0.05, 0) is 13.8 Å². The number of nitro groups is 1. The van der Waals surface area contributed by atoms with Crippen molar-refractivity contribution in [3.8, 4) is 0 Å². The fourth-order valence-electron chi connectivity index (χ4n) is 2.38. The molecule has 1 aliphatic heterocycles.